The Balaban J connectivity index is 1.42. The molecule has 0 aliphatic carbocycles. The number of nitrogens with zero attached hydrogens (tertiary/aromatic N) is 1. The van der Waals surface area contributed by atoms with Gasteiger partial charge in [-0.3, -0.25) is 4.79 Å². The van der Waals surface area contributed by atoms with Gasteiger partial charge in [0.05, 0.1) is 13.2 Å². The standard InChI is InChI=1S/C17H23ClN2O3/c1-13-2-3-14(12-15(13)18)19-16(21)4-7-20-8-5-17(6-9-20)22-10-11-23-17/h2-3,12H,4-11H2,1H3,(H,19,21). The number of anilines is 1. The highest BCUT2D eigenvalue weighted by Crippen LogP contribution is 2.31. The lowest BCUT2D eigenvalue weighted by atomic mass is 10.0. The van der Waals surface area contributed by atoms with E-state index in [0.29, 0.717) is 24.7 Å². The van der Waals surface area contributed by atoms with Gasteiger partial charge >= 0.3 is 0 Å². The molecule has 0 aromatic heterocycles. The van der Waals surface area contributed by atoms with Gasteiger partial charge in [0.15, 0.2) is 5.79 Å². The predicted octanol–water partition coefficient (Wildman–Crippen LogP) is 2.82. The normalized spacial score (nSPS) is 20.8. The summed E-state index contributed by atoms with van der Waals surface area (Å²) >= 11 is 6.07. The van der Waals surface area contributed by atoms with Gasteiger partial charge < -0.3 is 19.7 Å². The number of nitrogens with one attached hydrogen (secondary N) is 1. The van der Waals surface area contributed by atoms with E-state index in [0.717, 1.165) is 43.7 Å². The predicted molar refractivity (Wildman–Crippen MR) is 89.7 cm³/mol. The number of benzene rings is 1. The van der Waals surface area contributed by atoms with Crippen molar-refractivity contribution in [2.45, 2.75) is 32.0 Å². The van der Waals surface area contributed by atoms with Gasteiger partial charge in [0.25, 0.3) is 0 Å². The van der Waals surface area contributed by atoms with E-state index in [-0.39, 0.29) is 11.7 Å². The molecule has 1 aromatic rings. The van der Waals surface area contributed by atoms with Gasteiger partial charge in [-0.05, 0) is 24.6 Å². The van der Waals surface area contributed by atoms with Crippen LogP contribution in [0.15, 0.2) is 18.2 Å². The van der Waals surface area contributed by atoms with E-state index in [1.807, 2.05) is 19.1 Å². The zero-order chi connectivity index (χ0) is 16.3. The van der Waals surface area contributed by atoms with Crippen LogP contribution in [0.3, 0.4) is 0 Å². The molecule has 2 heterocycles. The van der Waals surface area contributed by atoms with Crippen LogP contribution in [0.5, 0.6) is 0 Å². The van der Waals surface area contributed by atoms with Crippen LogP contribution in [0, 0.1) is 6.92 Å². The maximum Gasteiger partial charge on any atom is 0.225 e. The number of piperidine rings is 1. The minimum absolute atomic E-state index is 0.0126. The number of halogens is 1. The van der Waals surface area contributed by atoms with Crippen molar-refractivity contribution in [3.63, 3.8) is 0 Å². The van der Waals surface area contributed by atoms with Gasteiger partial charge in [-0.1, -0.05) is 17.7 Å². The van der Waals surface area contributed by atoms with Crippen molar-refractivity contribution in [2.24, 2.45) is 0 Å². The van der Waals surface area contributed by atoms with Gasteiger partial charge in [-0.15, -0.1) is 0 Å². The Hall–Kier alpha value is -1.14. The number of carbonyl (C=O) groups excluding carboxylic acids is 1. The molecule has 0 unspecified atom stereocenters. The van der Waals surface area contributed by atoms with Crippen LogP contribution in [-0.2, 0) is 14.3 Å². The minimum atomic E-state index is -0.350. The number of hydrogen-bond donors (Lipinski definition) is 1. The lowest BCUT2D eigenvalue weighted by Gasteiger charge is -2.37. The second-order valence-corrected chi connectivity index (χ2v) is 6.62. The van der Waals surface area contributed by atoms with Crippen LogP contribution in [0.25, 0.3) is 0 Å². The fraction of sp³-hybridized carbons (Fsp3) is 0.588. The fourth-order valence-electron chi connectivity index (χ4n) is 3.06. The zero-order valence-electron chi connectivity index (χ0n) is 13.4. The number of likely N-dealkylation sites (tertiary alicyclic amines) is 1. The first-order chi connectivity index (χ1) is 11.1. The molecule has 2 aliphatic heterocycles. The molecule has 6 heteroatoms. The molecule has 0 bridgehead atoms. The average molecular weight is 339 g/mol. The Labute approximate surface area is 141 Å². The van der Waals surface area contributed by atoms with Crippen LogP contribution in [0.2, 0.25) is 5.02 Å². The molecule has 23 heavy (non-hydrogen) atoms. The smallest absolute Gasteiger partial charge is 0.225 e. The summed E-state index contributed by atoms with van der Waals surface area (Å²) < 4.78 is 11.4. The Morgan fingerprint density at radius 2 is 2.00 bits per heavy atom. The lowest BCUT2D eigenvalue weighted by Crippen LogP contribution is -2.45. The van der Waals surface area contributed by atoms with Gasteiger partial charge in [0, 0.05) is 49.6 Å². The van der Waals surface area contributed by atoms with E-state index >= 15 is 0 Å². The van der Waals surface area contributed by atoms with Crippen molar-refractivity contribution in [3.05, 3.63) is 28.8 Å². The van der Waals surface area contributed by atoms with Crippen molar-refractivity contribution in [2.75, 3.05) is 38.2 Å². The van der Waals surface area contributed by atoms with Crippen LogP contribution in [-0.4, -0.2) is 49.4 Å². The summed E-state index contributed by atoms with van der Waals surface area (Å²) in [5.41, 5.74) is 1.75. The van der Waals surface area contributed by atoms with Gasteiger partial charge in [-0.2, -0.15) is 0 Å². The van der Waals surface area contributed by atoms with E-state index in [4.69, 9.17) is 21.1 Å². The SMILES string of the molecule is Cc1ccc(NC(=O)CCN2CCC3(CC2)OCCO3)cc1Cl. The first-order valence-electron chi connectivity index (χ1n) is 8.13. The van der Waals surface area contributed by atoms with E-state index in [1.54, 1.807) is 6.07 Å². The Morgan fingerprint density at radius 3 is 2.65 bits per heavy atom. The van der Waals surface area contributed by atoms with Crippen LogP contribution < -0.4 is 5.32 Å². The summed E-state index contributed by atoms with van der Waals surface area (Å²) in [4.78, 5) is 14.4. The lowest BCUT2D eigenvalue weighted by molar-refractivity contribution is -0.185. The fourth-order valence-corrected chi connectivity index (χ4v) is 3.24. The first-order valence-corrected chi connectivity index (χ1v) is 8.50. The van der Waals surface area contributed by atoms with Gasteiger partial charge in [0.1, 0.15) is 0 Å². The molecule has 3 rings (SSSR count). The number of aryl methyl sites for hydroxylation is 1. The van der Waals surface area contributed by atoms with Crippen LogP contribution >= 0.6 is 11.6 Å². The number of rotatable bonds is 4. The summed E-state index contributed by atoms with van der Waals surface area (Å²) in [7, 11) is 0. The topological polar surface area (TPSA) is 50.8 Å². The van der Waals surface area contributed by atoms with Crippen molar-refractivity contribution in [3.8, 4) is 0 Å². The molecule has 2 fully saturated rings. The third-order valence-corrected chi connectivity index (χ3v) is 4.95. The number of carbonyl (C=O) groups is 1. The molecule has 0 radical (unpaired) electrons. The third kappa shape index (κ3) is 4.23. The maximum absolute atomic E-state index is 12.1. The zero-order valence-corrected chi connectivity index (χ0v) is 14.2. The highest BCUT2D eigenvalue weighted by Gasteiger charge is 2.39. The molecule has 1 amide bonds. The minimum Gasteiger partial charge on any atom is -0.347 e. The summed E-state index contributed by atoms with van der Waals surface area (Å²) in [5, 5.41) is 3.57. The van der Waals surface area contributed by atoms with Crippen molar-refractivity contribution < 1.29 is 14.3 Å². The third-order valence-electron chi connectivity index (χ3n) is 4.54. The monoisotopic (exact) mass is 338 g/mol. The van der Waals surface area contributed by atoms with Crippen molar-refractivity contribution in [1.82, 2.24) is 4.90 Å². The maximum atomic E-state index is 12.1. The molecule has 1 N–H and O–H groups in total. The largest absolute Gasteiger partial charge is 0.347 e. The van der Waals surface area contributed by atoms with E-state index in [2.05, 4.69) is 10.2 Å². The Morgan fingerprint density at radius 1 is 1.30 bits per heavy atom. The summed E-state index contributed by atoms with van der Waals surface area (Å²) in [6.45, 7) is 5.90. The summed E-state index contributed by atoms with van der Waals surface area (Å²) in [6, 6.07) is 5.57. The van der Waals surface area contributed by atoms with E-state index in [9.17, 15) is 4.79 Å². The Bertz CT molecular complexity index is 563. The van der Waals surface area contributed by atoms with Crippen LogP contribution in [0.4, 0.5) is 5.69 Å². The second-order valence-electron chi connectivity index (χ2n) is 6.21. The highest BCUT2D eigenvalue weighted by molar-refractivity contribution is 6.31. The molecule has 0 saturated carbocycles. The molecule has 2 saturated heterocycles. The number of hydrogen-bond acceptors (Lipinski definition) is 4. The number of amides is 1. The highest BCUT2D eigenvalue weighted by atomic mass is 35.5. The molecule has 5 nitrogen and oxygen atoms in total. The summed E-state index contributed by atoms with van der Waals surface area (Å²) in [5.74, 6) is -0.337. The van der Waals surface area contributed by atoms with Gasteiger partial charge in [0.2, 0.25) is 5.91 Å². The number of ether oxygens (including phenoxy) is 2. The molecule has 1 aromatic carbocycles. The molecule has 1 spiro atoms. The first kappa shape index (κ1) is 16.7. The van der Waals surface area contributed by atoms with Crippen molar-refractivity contribution >= 4 is 23.2 Å². The van der Waals surface area contributed by atoms with E-state index < -0.39 is 0 Å². The van der Waals surface area contributed by atoms with Gasteiger partial charge in [-0.25, -0.2) is 0 Å². The molecule has 0 atom stereocenters. The van der Waals surface area contributed by atoms with E-state index in [1.165, 1.54) is 0 Å². The van der Waals surface area contributed by atoms with Crippen molar-refractivity contribution in [1.29, 1.82) is 0 Å². The molecular weight excluding hydrogens is 316 g/mol. The quantitative estimate of drug-likeness (QED) is 0.917. The molecular formula is C17H23ClN2O3. The summed E-state index contributed by atoms with van der Waals surface area (Å²) in [6.07, 6.45) is 2.23. The van der Waals surface area contributed by atoms with Crippen LogP contribution in [0.1, 0.15) is 24.8 Å². The average Bonchev–Trinajstić information content (AvgIpc) is 2.99. The second kappa shape index (κ2) is 7.18. The molecule has 2 aliphatic rings. The molecule has 126 valence electrons. The Kier molecular flexibility index (Phi) is 5.21.